The van der Waals surface area contributed by atoms with Gasteiger partial charge in [0, 0.05) is 18.7 Å². The molecule has 0 aliphatic heterocycles. The van der Waals surface area contributed by atoms with E-state index in [0.717, 1.165) is 0 Å². The molecule has 128 valence electrons. The first kappa shape index (κ1) is 16.8. The Morgan fingerprint density at radius 2 is 2.04 bits per heavy atom. The van der Waals surface area contributed by atoms with E-state index in [1.54, 1.807) is 41.8 Å². The van der Waals surface area contributed by atoms with Gasteiger partial charge >= 0.3 is 0 Å². The molecule has 0 bridgehead atoms. The second-order valence-electron chi connectivity index (χ2n) is 5.76. The normalized spacial score (nSPS) is 10.8. The molecule has 0 saturated carbocycles. The lowest BCUT2D eigenvalue weighted by Gasteiger charge is -2.10. The highest BCUT2D eigenvalue weighted by atomic mass is 19.1. The smallest absolute Gasteiger partial charge is 0.272 e. The van der Waals surface area contributed by atoms with Gasteiger partial charge in [-0.3, -0.25) is 9.59 Å². The van der Waals surface area contributed by atoms with E-state index >= 15 is 0 Å². The Labute approximate surface area is 144 Å². The molecular weight excluding hydrogens is 321 g/mol. The highest BCUT2D eigenvalue weighted by Gasteiger charge is 2.11. The first-order chi connectivity index (χ1) is 12.0. The number of hydrogen-bond acceptors (Lipinski definition) is 3. The van der Waals surface area contributed by atoms with Crippen molar-refractivity contribution in [3.8, 4) is 0 Å². The first-order valence-electron chi connectivity index (χ1n) is 8.03. The van der Waals surface area contributed by atoms with Gasteiger partial charge in [-0.2, -0.15) is 0 Å². The van der Waals surface area contributed by atoms with Crippen molar-refractivity contribution >= 4 is 16.9 Å². The number of rotatable bonds is 4. The van der Waals surface area contributed by atoms with Crippen LogP contribution in [0.1, 0.15) is 28.5 Å². The largest absolute Gasteiger partial charge is 0.348 e. The maximum atomic E-state index is 13.2. The van der Waals surface area contributed by atoms with Crippen LogP contribution in [0.3, 0.4) is 0 Å². The number of amides is 1. The molecular formula is C19H18FN3O2. The van der Waals surface area contributed by atoms with Crippen molar-refractivity contribution in [2.45, 2.75) is 26.9 Å². The third-order valence-corrected chi connectivity index (χ3v) is 4.03. The summed E-state index contributed by atoms with van der Waals surface area (Å²) in [5.74, 6) is -0.616. The van der Waals surface area contributed by atoms with E-state index < -0.39 is 0 Å². The van der Waals surface area contributed by atoms with Crippen molar-refractivity contribution in [3.63, 3.8) is 0 Å². The molecule has 3 rings (SSSR count). The van der Waals surface area contributed by atoms with Crippen LogP contribution in [0, 0.1) is 12.7 Å². The van der Waals surface area contributed by atoms with Crippen LogP contribution in [-0.2, 0) is 13.1 Å². The Kier molecular flexibility index (Phi) is 4.61. The standard InChI is InChI=1S/C19H18FN3O2/c1-3-23-17-8-7-14(10-16(17)22-12(2)19(23)25)18(24)21-11-13-5-4-6-15(20)9-13/h4-10H,3,11H2,1-2H3,(H,21,24). The van der Waals surface area contributed by atoms with Gasteiger partial charge in [0.1, 0.15) is 11.5 Å². The van der Waals surface area contributed by atoms with Crippen LogP contribution in [0.15, 0.2) is 47.3 Å². The monoisotopic (exact) mass is 339 g/mol. The number of carbonyl (C=O) groups excluding carboxylic acids is 1. The van der Waals surface area contributed by atoms with Crippen LogP contribution in [-0.4, -0.2) is 15.5 Å². The third-order valence-electron chi connectivity index (χ3n) is 4.03. The van der Waals surface area contributed by atoms with E-state index in [9.17, 15) is 14.0 Å². The van der Waals surface area contributed by atoms with Crippen molar-refractivity contribution in [3.05, 3.63) is 75.5 Å². The van der Waals surface area contributed by atoms with Gasteiger partial charge in [-0.1, -0.05) is 12.1 Å². The number of benzene rings is 2. The molecule has 0 radical (unpaired) electrons. The predicted octanol–water partition coefficient (Wildman–Crippen LogP) is 2.79. The molecule has 0 aliphatic carbocycles. The SMILES string of the molecule is CCn1c(=O)c(C)nc2cc(C(=O)NCc3cccc(F)c3)ccc21. The molecule has 0 aliphatic rings. The molecule has 25 heavy (non-hydrogen) atoms. The molecule has 0 spiro atoms. The molecule has 0 atom stereocenters. The van der Waals surface area contributed by atoms with Crippen LogP contribution in [0.2, 0.25) is 0 Å². The Morgan fingerprint density at radius 3 is 2.76 bits per heavy atom. The maximum Gasteiger partial charge on any atom is 0.272 e. The van der Waals surface area contributed by atoms with Crippen LogP contribution in [0.5, 0.6) is 0 Å². The summed E-state index contributed by atoms with van der Waals surface area (Å²) in [6.45, 7) is 4.31. The first-order valence-corrected chi connectivity index (χ1v) is 8.03. The highest BCUT2D eigenvalue weighted by molar-refractivity contribution is 5.97. The van der Waals surface area contributed by atoms with Crippen LogP contribution >= 0.6 is 0 Å². The number of carbonyl (C=O) groups is 1. The molecule has 0 fully saturated rings. The van der Waals surface area contributed by atoms with Crippen molar-refractivity contribution in [2.75, 3.05) is 0 Å². The van der Waals surface area contributed by atoms with Gasteiger partial charge in [0.25, 0.3) is 11.5 Å². The Hall–Kier alpha value is -3.02. The van der Waals surface area contributed by atoms with E-state index in [1.165, 1.54) is 12.1 Å². The average molecular weight is 339 g/mol. The number of hydrogen-bond donors (Lipinski definition) is 1. The van der Waals surface area contributed by atoms with Crippen LogP contribution in [0.25, 0.3) is 11.0 Å². The Bertz CT molecular complexity index is 1010. The summed E-state index contributed by atoms with van der Waals surface area (Å²) in [5, 5.41) is 2.76. The zero-order chi connectivity index (χ0) is 18.0. The number of halogens is 1. The summed E-state index contributed by atoms with van der Waals surface area (Å²) in [6, 6.07) is 11.1. The summed E-state index contributed by atoms with van der Waals surface area (Å²) in [6.07, 6.45) is 0. The van der Waals surface area contributed by atoms with Crippen molar-refractivity contribution < 1.29 is 9.18 Å². The van der Waals surface area contributed by atoms with Gasteiger partial charge in [-0.15, -0.1) is 0 Å². The third kappa shape index (κ3) is 3.42. The number of fused-ring (bicyclic) bond motifs is 1. The highest BCUT2D eigenvalue weighted by Crippen LogP contribution is 2.14. The van der Waals surface area contributed by atoms with Gasteiger partial charge in [-0.05, 0) is 49.7 Å². The minimum absolute atomic E-state index is 0.127. The molecule has 6 heteroatoms. The number of nitrogens with one attached hydrogen (secondary N) is 1. The summed E-state index contributed by atoms with van der Waals surface area (Å²) < 4.78 is 14.8. The van der Waals surface area contributed by atoms with Gasteiger partial charge < -0.3 is 9.88 Å². The lowest BCUT2D eigenvalue weighted by molar-refractivity contribution is 0.0951. The van der Waals surface area contributed by atoms with Gasteiger partial charge in [0.15, 0.2) is 0 Å². The summed E-state index contributed by atoms with van der Waals surface area (Å²) in [5.41, 5.74) is 2.68. The fraction of sp³-hybridized carbons (Fsp3) is 0.211. The second-order valence-corrected chi connectivity index (χ2v) is 5.76. The van der Waals surface area contributed by atoms with Crippen LogP contribution < -0.4 is 10.9 Å². The quantitative estimate of drug-likeness (QED) is 0.795. The van der Waals surface area contributed by atoms with Crippen molar-refractivity contribution in [1.82, 2.24) is 14.9 Å². The van der Waals surface area contributed by atoms with Crippen molar-refractivity contribution in [2.24, 2.45) is 0 Å². The molecule has 1 amide bonds. The fourth-order valence-electron chi connectivity index (χ4n) is 2.76. The van der Waals surface area contributed by atoms with Gasteiger partial charge in [0.2, 0.25) is 0 Å². The lowest BCUT2D eigenvalue weighted by Crippen LogP contribution is -2.25. The summed E-state index contributed by atoms with van der Waals surface area (Å²) in [7, 11) is 0. The number of aromatic nitrogens is 2. The minimum atomic E-state index is -0.338. The molecule has 3 aromatic rings. The molecule has 5 nitrogen and oxygen atoms in total. The predicted molar refractivity (Wildman–Crippen MR) is 94.0 cm³/mol. The molecule has 1 aromatic heterocycles. The number of nitrogens with zero attached hydrogens (tertiary/aromatic N) is 2. The lowest BCUT2D eigenvalue weighted by atomic mass is 10.1. The Morgan fingerprint density at radius 1 is 1.24 bits per heavy atom. The van der Waals surface area contributed by atoms with Gasteiger partial charge in [0.05, 0.1) is 11.0 Å². The average Bonchev–Trinajstić information content (AvgIpc) is 2.60. The van der Waals surface area contributed by atoms with E-state index in [-0.39, 0.29) is 23.8 Å². The van der Waals surface area contributed by atoms with Gasteiger partial charge in [-0.25, -0.2) is 9.37 Å². The zero-order valence-electron chi connectivity index (χ0n) is 14.0. The molecule has 2 aromatic carbocycles. The zero-order valence-corrected chi connectivity index (χ0v) is 14.0. The maximum absolute atomic E-state index is 13.2. The van der Waals surface area contributed by atoms with Crippen LogP contribution in [0.4, 0.5) is 4.39 Å². The topological polar surface area (TPSA) is 64.0 Å². The van der Waals surface area contributed by atoms with E-state index in [2.05, 4.69) is 10.3 Å². The van der Waals surface area contributed by atoms with E-state index in [1.807, 2.05) is 6.92 Å². The van der Waals surface area contributed by atoms with E-state index in [0.29, 0.717) is 34.4 Å². The fourth-order valence-corrected chi connectivity index (χ4v) is 2.76. The second kappa shape index (κ2) is 6.84. The number of aryl methyl sites for hydroxylation is 2. The molecule has 0 unspecified atom stereocenters. The molecule has 1 N–H and O–H groups in total. The van der Waals surface area contributed by atoms with Crippen molar-refractivity contribution in [1.29, 1.82) is 0 Å². The van der Waals surface area contributed by atoms with E-state index in [4.69, 9.17) is 0 Å². The summed E-state index contributed by atoms with van der Waals surface area (Å²) >= 11 is 0. The minimum Gasteiger partial charge on any atom is -0.348 e. The molecule has 1 heterocycles. The molecule has 0 saturated heterocycles. The Balaban J connectivity index is 1.87. The summed E-state index contributed by atoms with van der Waals surface area (Å²) in [4.78, 5) is 28.8.